The summed E-state index contributed by atoms with van der Waals surface area (Å²) in [4.78, 5) is 6.70. The van der Waals surface area contributed by atoms with E-state index in [1.54, 1.807) is 0 Å². The molecule has 1 heterocycles. The summed E-state index contributed by atoms with van der Waals surface area (Å²) < 4.78 is 2.23. The SMILES string of the molecule is CCCN(CC)CCNCc1cncn1CCC. The van der Waals surface area contributed by atoms with Gasteiger partial charge in [0.1, 0.15) is 0 Å². The number of imidazole rings is 1. The fraction of sp³-hybridized carbons (Fsp3) is 0.786. The van der Waals surface area contributed by atoms with Gasteiger partial charge in [-0.15, -0.1) is 0 Å². The summed E-state index contributed by atoms with van der Waals surface area (Å²) in [6.45, 7) is 13.2. The highest BCUT2D eigenvalue weighted by Gasteiger charge is 2.02. The molecule has 0 spiro atoms. The van der Waals surface area contributed by atoms with Gasteiger partial charge in [-0.2, -0.15) is 0 Å². The van der Waals surface area contributed by atoms with Gasteiger partial charge in [0.15, 0.2) is 0 Å². The Morgan fingerprint density at radius 2 is 2.06 bits per heavy atom. The summed E-state index contributed by atoms with van der Waals surface area (Å²) in [5.41, 5.74) is 1.29. The summed E-state index contributed by atoms with van der Waals surface area (Å²) in [6.07, 6.45) is 6.28. The fourth-order valence-corrected chi connectivity index (χ4v) is 2.14. The van der Waals surface area contributed by atoms with Crippen LogP contribution in [0.1, 0.15) is 39.3 Å². The van der Waals surface area contributed by atoms with Gasteiger partial charge in [0, 0.05) is 32.4 Å². The molecule has 0 unspecified atom stereocenters. The smallest absolute Gasteiger partial charge is 0.0948 e. The Morgan fingerprint density at radius 3 is 2.72 bits per heavy atom. The van der Waals surface area contributed by atoms with Crippen LogP contribution >= 0.6 is 0 Å². The largest absolute Gasteiger partial charge is 0.333 e. The topological polar surface area (TPSA) is 33.1 Å². The lowest BCUT2D eigenvalue weighted by atomic mass is 10.3. The average molecular weight is 252 g/mol. The lowest BCUT2D eigenvalue weighted by Crippen LogP contribution is -2.32. The molecule has 0 amide bonds. The molecule has 0 fully saturated rings. The second-order valence-electron chi connectivity index (χ2n) is 4.69. The van der Waals surface area contributed by atoms with Crippen molar-refractivity contribution in [1.82, 2.24) is 19.8 Å². The van der Waals surface area contributed by atoms with E-state index < -0.39 is 0 Å². The molecule has 4 heteroatoms. The Morgan fingerprint density at radius 1 is 1.22 bits per heavy atom. The molecule has 18 heavy (non-hydrogen) atoms. The summed E-state index contributed by atoms with van der Waals surface area (Å²) >= 11 is 0. The highest BCUT2D eigenvalue weighted by atomic mass is 15.1. The molecule has 4 nitrogen and oxygen atoms in total. The molecule has 104 valence electrons. The van der Waals surface area contributed by atoms with E-state index in [4.69, 9.17) is 0 Å². The standard InChI is InChI=1S/C14H28N4/c1-4-8-17(6-3)10-7-15-11-14-12-16-13-18(14)9-5-2/h12-13,15H,4-11H2,1-3H3. The maximum Gasteiger partial charge on any atom is 0.0948 e. The summed E-state index contributed by atoms with van der Waals surface area (Å²) in [7, 11) is 0. The van der Waals surface area contributed by atoms with Crippen molar-refractivity contribution in [1.29, 1.82) is 0 Å². The van der Waals surface area contributed by atoms with E-state index in [0.717, 1.165) is 39.1 Å². The van der Waals surface area contributed by atoms with E-state index in [9.17, 15) is 0 Å². The molecule has 0 radical (unpaired) electrons. The van der Waals surface area contributed by atoms with Crippen LogP contribution in [0.4, 0.5) is 0 Å². The second kappa shape index (κ2) is 9.11. The minimum Gasteiger partial charge on any atom is -0.333 e. The van der Waals surface area contributed by atoms with Gasteiger partial charge in [0.05, 0.1) is 12.0 Å². The van der Waals surface area contributed by atoms with Crippen LogP contribution in [0.2, 0.25) is 0 Å². The number of nitrogens with zero attached hydrogens (tertiary/aromatic N) is 3. The number of aryl methyl sites for hydroxylation is 1. The van der Waals surface area contributed by atoms with Crippen molar-refractivity contribution < 1.29 is 0 Å². The van der Waals surface area contributed by atoms with E-state index >= 15 is 0 Å². The maximum absolute atomic E-state index is 4.21. The molecular weight excluding hydrogens is 224 g/mol. The molecule has 0 saturated heterocycles. The number of rotatable bonds is 10. The number of aromatic nitrogens is 2. The molecule has 1 rings (SSSR count). The maximum atomic E-state index is 4.21. The first-order valence-electron chi connectivity index (χ1n) is 7.23. The van der Waals surface area contributed by atoms with E-state index in [1.807, 2.05) is 12.5 Å². The van der Waals surface area contributed by atoms with Crippen molar-refractivity contribution >= 4 is 0 Å². The van der Waals surface area contributed by atoms with Crippen LogP contribution < -0.4 is 5.32 Å². The van der Waals surface area contributed by atoms with Crippen molar-refractivity contribution in [3.63, 3.8) is 0 Å². The Hall–Kier alpha value is -0.870. The zero-order valence-electron chi connectivity index (χ0n) is 12.2. The minimum absolute atomic E-state index is 0.920. The predicted octanol–water partition coefficient (Wildman–Crippen LogP) is 2.11. The van der Waals surface area contributed by atoms with E-state index in [1.165, 1.54) is 18.7 Å². The van der Waals surface area contributed by atoms with Crippen molar-refractivity contribution in [2.24, 2.45) is 0 Å². The number of hydrogen-bond donors (Lipinski definition) is 1. The van der Waals surface area contributed by atoms with Gasteiger partial charge in [-0.25, -0.2) is 4.98 Å². The molecule has 0 aliphatic carbocycles. The second-order valence-corrected chi connectivity index (χ2v) is 4.69. The van der Waals surface area contributed by atoms with Crippen LogP contribution in [-0.2, 0) is 13.1 Å². The van der Waals surface area contributed by atoms with E-state index in [2.05, 4.69) is 40.5 Å². The number of nitrogens with one attached hydrogen (secondary N) is 1. The van der Waals surface area contributed by atoms with Gasteiger partial charge in [-0.3, -0.25) is 0 Å². The fourth-order valence-electron chi connectivity index (χ4n) is 2.14. The molecule has 0 aliphatic rings. The third-order valence-electron chi connectivity index (χ3n) is 3.16. The normalized spacial score (nSPS) is 11.3. The Balaban J connectivity index is 2.22. The molecule has 1 aromatic rings. The van der Waals surface area contributed by atoms with Gasteiger partial charge in [-0.1, -0.05) is 20.8 Å². The van der Waals surface area contributed by atoms with Crippen LogP contribution in [-0.4, -0.2) is 40.6 Å². The van der Waals surface area contributed by atoms with E-state index in [-0.39, 0.29) is 0 Å². The van der Waals surface area contributed by atoms with Crippen LogP contribution in [0.3, 0.4) is 0 Å². The van der Waals surface area contributed by atoms with Crippen molar-refractivity contribution in [2.75, 3.05) is 26.2 Å². The lowest BCUT2D eigenvalue weighted by molar-refractivity contribution is 0.287. The van der Waals surface area contributed by atoms with Gasteiger partial charge in [0.25, 0.3) is 0 Å². The monoisotopic (exact) mass is 252 g/mol. The highest BCUT2D eigenvalue weighted by molar-refractivity contribution is 4.97. The predicted molar refractivity (Wildman–Crippen MR) is 76.6 cm³/mol. The zero-order valence-corrected chi connectivity index (χ0v) is 12.2. The molecule has 0 bridgehead atoms. The van der Waals surface area contributed by atoms with E-state index in [0.29, 0.717) is 0 Å². The summed E-state index contributed by atoms with van der Waals surface area (Å²) in [5, 5.41) is 3.51. The van der Waals surface area contributed by atoms with Crippen molar-refractivity contribution in [2.45, 2.75) is 46.7 Å². The highest BCUT2D eigenvalue weighted by Crippen LogP contribution is 2.00. The summed E-state index contributed by atoms with van der Waals surface area (Å²) in [5.74, 6) is 0. The molecule has 1 N–H and O–H groups in total. The first-order chi connectivity index (χ1) is 8.81. The van der Waals surface area contributed by atoms with Gasteiger partial charge in [0.2, 0.25) is 0 Å². The van der Waals surface area contributed by atoms with Crippen molar-refractivity contribution in [3.05, 3.63) is 18.2 Å². The van der Waals surface area contributed by atoms with Gasteiger partial charge >= 0.3 is 0 Å². The molecule has 0 saturated carbocycles. The Kier molecular flexibility index (Phi) is 7.69. The lowest BCUT2D eigenvalue weighted by Gasteiger charge is -2.19. The quantitative estimate of drug-likeness (QED) is 0.648. The molecule has 0 aliphatic heterocycles. The number of hydrogen-bond acceptors (Lipinski definition) is 3. The van der Waals surface area contributed by atoms with Crippen molar-refractivity contribution in [3.8, 4) is 0 Å². The zero-order chi connectivity index (χ0) is 13.2. The third kappa shape index (κ3) is 5.19. The molecule has 0 aromatic carbocycles. The average Bonchev–Trinajstić information content (AvgIpc) is 2.81. The molecular formula is C14H28N4. The minimum atomic E-state index is 0.920. The Labute approximate surface area is 111 Å². The van der Waals surface area contributed by atoms with Gasteiger partial charge in [-0.05, 0) is 25.9 Å². The third-order valence-corrected chi connectivity index (χ3v) is 3.16. The summed E-state index contributed by atoms with van der Waals surface area (Å²) in [6, 6.07) is 0. The molecule has 1 aromatic heterocycles. The molecule has 0 atom stereocenters. The van der Waals surface area contributed by atoms with Gasteiger partial charge < -0.3 is 14.8 Å². The van der Waals surface area contributed by atoms with Crippen LogP contribution in [0.5, 0.6) is 0 Å². The van der Waals surface area contributed by atoms with Crippen LogP contribution in [0.15, 0.2) is 12.5 Å². The first-order valence-corrected chi connectivity index (χ1v) is 7.23. The van der Waals surface area contributed by atoms with Crippen LogP contribution in [0.25, 0.3) is 0 Å². The number of likely N-dealkylation sites (N-methyl/N-ethyl adjacent to an activating group) is 1. The van der Waals surface area contributed by atoms with Crippen LogP contribution in [0, 0.1) is 0 Å². The first kappa shape index (κ1) is 15.2. The Bertz CT molecular complexity index is 308.